The van der Waals surface area contributed by atoms with Gasteiger partial charge in [-0.15, -0.1) is 11.6 Å². The number of hydrogen-bond donors (Lipinski definition) is 1. The zero-order chi connectivity index (χ0) is 17.6. The van der Waals surface area contributed by atoms with E-state index in [-0.39, 0.29) is 24.1 Å². The van der Waals surface area contributed by atoms with Crippen molar-refractivity contribution >= 4 is 23.4 Å². The molecule has 1 amide bonds. The van der Waals surface area contributed by atoms with Gasteiger partial charge < -0.3 is 4.42 Å². The van der Waals surface area contributed by atoms with Gasteiger partial charge in [0.2, 0.25) is 11.8 Å². The lowest BCUT2D eigenvalue weighted by Gasteiger charge is -2.03. The van der Waals surface area contributed by atoms with E-state index in [1.807, 2.05) is 60.7 Å². The number of rotatable bonds is 5. The third-order valence-corrected chi connectivity index (χ3v) is 3.88. The van der Waals surface area contributed by atoms with E-state index in [9.17, 15) is 10.1 Å². The van der Waals surface area contributed by atoms with E-state index in [1.165, 1.54) is 0 Å². The van der Waals surface area contributed by atoms with Gasteiger partial charge in [0.15, 0.2) is 0 Å². The van der Waals surface area contributed by atoms with Crippen LogP contribution in [-0.4, -0.2) is 11.8 Å². The Labute approximate surface area is 150 Å². The lowest BCUT2D eigenvalue weighted by atomic mass is 9.98. The summed E-state index contributed by atoms with van der Waals surface area (Å²) in [6, 6.07) is 21.2. The molecule has 5 heteroatoms. The number of halogens is 1. The lowest BCUT2D eigenvalue weighted by molar-refractivity contribution is -0.115. The van der Waals surface area contributed by atoms with Gasteiger partial charge in [0.25, 0.3) is 0 Å². The van der Waals surface area contributed by atoms with Crippen LogP contribution < -0.4 is 5.32 Å². The molecule has 0 fully saturated rings. The maximum Gasteiger partial charge on any atom is 0.227 e. The maximum atomic E-state index is 11.9. The highest BCUT2D eigenvalue weighted by atomic mass is 35.5. The third-order valence-electron chi connectivity index (χ3n) is 3.69. The van der Waals surface area contributed by atoms with Crippen molar-refractivity contribution < 1.29 is 9.21 Å². The van der Waals surface area contributed by atoms with E-state index in [1.54, 1.807) is 0 Å². The van der Waals surface area contributed by atoms with Crippen LogP contribution in [0.3, 0.4) is 0 Å². The van der Waals surface area contributed by atoms with E-state index in [0.717, 1.165) is 11.1 Å². The van der Waals surface area contributed by atoms with Crippen molar-refractivity contribution in [2.45, 2.75) is 6.42 Å². The molecule has 0 saturated heterocycles. The fourth-order valence-corrected chi connectivity index (χ4v) is 2.75. The van der Waals surface area contributed by atoms with E-state index < -0.39 is 0 Å². The summed E-state index contributed by atoms with van der Waals surface area (Å²) in [5.41, 5.74) is 2.64. The predicted molar refractivity (Wildman–Crippen MR) is 98.3 cm³/mol. The predicted octanol–water partition coefficient (Wildman–Crippen LogP) is 5.05. The molecule has 25 heavy (non-hydrogen) atoms. The van der Waals surface area contributed by atoms with Gasteiger partial charge in [0.1, 0.15) is 17.4 Å². The topological polar surface area (TPSA) is 66.0 Å². The summed E-state index contributed by atoms with van der Waals surface area (Å²) in [5, 5.41) is 12.3. The van der Waals surface area contributed by atoms with Gasteiger partial charge in [-0.25, -0.2) is 0 Å². The Balaban J connectivity index is 2.18. The number of alkyl halides is 1. The Morgan fingerprint density at radius 2 is 1.64 bits per heavy atom. The number of hydrogen-bond acceptors (Lipinski definition) is 3. The normalized spacial score (nSPS) is 10.2. The van der Waals surface area contributed by atoms with Crippen LogP contribution in [0, 0.1) is 11.3 Å². The molecule has 0 aliphatic carbocycles. The van der Waals surface area contributed by atoms with Crippen LogP contribution in [0.2, 0.25) is 0 Å². The monoisotopic (exact) mass is 350 g/mol. The molecule has 2 aromatic carbocycles. The van der Waals surface area contributed by atoms with Gasteiger partial charge in [0.05, 0.1) is 0 Å². The van der Waals surface area contributed by atoms with E-state index in [4.69, 9.17) is 16.0 Å². The van der Waals surface area contributed by atoms with Crippen LogP contribution in [-0.2, 0) is 4.79 Å². The third kappa shape index (κ3) is 3.57. The summed E-state index contributed by atoms with van der Waals surface area (Å²) in [5.74, 6) is 0.602. The molecule has 3 aromatic rings. The molecule has 0 aliphatic heterocycles. The second kappa shape index (κ2) is 7.69. The first-order valence-electron chi connectivity index (χ1n) is 7.78. The summed E-state index contributed by atoms with van der Waals surface area (Å²) in [6.45, 7) is 0. The average Bonchev–Trinajstić information content (AvgIpc) is 3.01. The standard InChI is InChI=1S/C20H15ClN2O2/c21-12-11-17(24)23-20-16(13-22)18(14-7-3-1-4-8-14)19(25-20)15-9-5-2-6-10-15/h1-10H,11-12H2,(H,23,24). The number of benzene rings is 2. The molecule has 1 aromatic heterocycles. The summed E-state index contributed by atoms with van der Waals surface area (Å²) >= 11 is 5.61. The maximum absolute atomic E-state index is 11.9. The Morgan fingerprint density at radius 1 is 1.04 bits per heavy atom. The zero-order valence-corrected chi connectivity index (χ0v) is 14.1. The molecule has 124 valence electrons. The molecule has 1 N–H and O–H groups in total. The zero-order valence-electron chi connectivity index (χ0n) is 13.3. The summed E-state index contributed by atoms with van der Waals surface area (Å²) in [6.07, 6.45) is 0.147. The SMILES string of the molecule is N#Cc1c(NC(=O)CCCl)oc(-c2ccccc2)c1-c1ccccc1. The van der Waals surface area contributed by atoms with Crippen molar-refractivity contribution in [1.29, 1.82) is 5.26 Å². The van der Waals surface area contributed by atoms with Crippen molar-refractivity contribution in [1.82, 2.24) is 0 Å². The van der Waals surface area contributed by atoms with Gasteiger partial charge in [0, 0.05) is 23.4 Å². The molecule has 0 bridgehead atoms. The van der Waals surface area contributed by atoms with Crippen molar-refractivity contribution in [3.05, 3.63) is 66.2 Å². The molecule has 0 spiro atoms. The van der Waals surface area contributed by atoms with Crippen molar-refractivity contribution in [2.24, 2.45) is 0 Å². The molecule has 1 heterocycles. The van der Waals surface area contributed by atoms with Crippen molar-refractivity contribution in [2.75, 3.05) is 11.2 Å². The molecule has 0 atom stereocenters. The molecular formula is C20H15ClN2O2. The van der Waals surface area contributed by atoms with Crippen LogP contribution in [0.25, 0.3) is 22.5 Å². The second-order valence-corrected chi connectivity index (χ2v) is 5.72. The fourth-order valence-electron chi connectivity index (χ4n) is 2.57. The first-order chi connectivity index (χ1) is 12.2. The average molecular weight is 351 g/mol. The fraction of sp³-hybridized carbons (Fsp3) is 0.100. The van der Waals surface area contributed by atoms with E-state index in [2.05, 4.69) is 11.4 Å². The molecule has 3 rings (SSSR count). The molecule has 0 unspecified atom stereocenters. The highest BCUT2D eigenvalue weighted by Gasteiger charge is 2.23. The van der Waals surface area contributed by atoms with Crippen LogP contribution in [0.1, 0.15) is 12.0 Å². The van der Waals surface area contributed by atoms with Gasteiger partial charge in [-0.2, -0.15) is 5.26 Å². The minimum Gasteiger partial charge on any atom is -0.438 e. The molecule has 0 saturated carbocycles. The number of carbonyl (C=O) groups excluding carboxylic acids is 1. The largest absolute Gasteiger partial charge is 0.438 e. The Morgan fingerprint density at radius 3 is 2.20 bits per heavy atom. The minimum absolute atomic E-state index is 0.147. The minimum atomic E-state index is -0.292. The first-order valence-corrected chi connectivity index (χ1v) is 8.31. The molecule has 4 nitrogen and oxygen atoms in total. The Bertz CT molecular complexity index is 912. The number of nitrogens with one attached hydrogen (secondary N) is 1. The number of amides is 1. The van der Waals surface area contributed by atoms with Crippen LogP contribution in [0.5, 0.6) is 0 Å². The number of carbonyl (C=O) groups is 1. The quantitative estimate of drug-likeness (QED) is 0.654. The summed E-state index contributed by atoms with van der Waals surface area (Å²) < 4.78 is 5.90. The van der Waals surface area contributed by atoms with Gasteiger partial charge in [-0.3, -0.25) is 10.1 Å². The molecule has 0 radical (unpaired) electrons. The second-order valence-electron chi connectivity index (χ2n) is 5.34. The first kappa shape index (κ1) is 16.8. The number of nitriles is 1. The highest BCUT2D eigenvalue weighted by molar-refractivity contribution is 6.19. The van der Waals surface area contributed by atoms with E-state index >= 15 is 0 Å². The Hall–Kier alpha value is -3.03. The van der Waals surface area contributed by atoms with Crippen molar-refractivity contribution in [3.8, 4) is 28.5 Å². The van der Waals surface area contributed by atoms with Crippen LogP contribution in [0.4, 0.5) is 5.88 Å². The van der Waals surface area contributed by atoms with Crippen molar-refractivity contribution in [3.63, 3.8) is 0 Å². The lowest BCUT2D eigenvalue weighted by Crippen LogP contribution is -2.11. The van der Waals surface area contributed by atoms with E-state index in [0.29, 0.717) is 16.9 Å². The number of nitrogens with zero attached hydrogens (tertiary/aromatic N) is 1. The van der Waals surface area contributed by atoms with Crippen LogP contribution >= 0.6 is 11.6 Å². The van der Waals surface area contributed by atoms with Gasteiger partial charge in [-0.05, 0) is 5.56 Å². The summed E-state index contributed by atoms with van der Waals surface area (Å²) in [7, 11) is 0. The summed E-state index contributed by atoms with van der Waals surface area (Å²) in [4.78, 5) is 11.9. The van der Waals surface area contributed by atoms with Gasteiger partial charge >= 0.3 is 0 Å². The highest BCUT2D eigenvalue weighted by Crippen LogP contribution is 2.41. The Kier molecular flexibility index (Phi) is 5.17. The number of anilines is 1. The van der Waals surface area contributed by atoms with Crippen LogP contribution in [0.15, 0.2) is 65.1 Å². The smallest absolute Gasteiger partial charge is 0.227 e. The van der Waals surface area contributed by atoms with Gasteiger partial charge in [-0.1, -0.05) is 60.7 Å². The number of furan rings is 1. The molecule has 0 aliphatic rings. The molecular weight excluding hydrogens is 336 g/mol.